The lowest BCUT2D eigenvalue weighted by Gasteiger charge is -2.32. The molecule has 1 rings (SSSR count). The standard InChI is InChI=1S/C15H28N2O2/c1-3-5-9-14(18)17-11-7-8-13(12-17)15(19)16-10-6-4-2/h13H,3-12H2,1-2H3,(H,16,19). The van der Waals surface area contributed by atoms with Gasteiger partial charge in [0.25, 0.3) is 0 Å². The van der Waals surface area contributed by atoms with Crippen LogP contribution in [-0.2, 0) is 9.59 Å². The van der Waals surface area contributed by atoms with Gasteiger partial charge in [-0.2, -0.15) is 0 Å². The number of piperidine rings is 1. The van der Waals surface area contributed by atoms with Crippen molar-refractivity contribution >= 4 is 11.8 Å². The van der Waals surface area contributed by atoms with E-state index in [0.29, 0.717) is 13.0 Å². The number of nitrogens with zero attached hydrogens (tertiary/aromatic N) is 1. The lowest BCUT2D eigenvalue weighted by molar-refractivity contribution is -0.135. The largest absolute Gasteiger partial charge is 0.356 e. The van der Waals surface area contributed by atoms with Gasteiger partial charge in [0.15, 0.2) is 0 Å². The first-order valence-corrected chi connectivity index (χ1v) is 7.74. The van der Waals surface area contributed by atoms with Gasteiger partial charge in [0.05, 0.1) is 5.92 Å². The Kier molecular flexibility index (Phi) is 7.53. The van der Waals surface area contributed by atoms with E-state index in [4.69, 9.17) is 0 Å². The van der Waals surface area contributed by atoms with E-state index in [-0.39, 0.29) is 17.7 Å². The number of nitrogens with one attached hydrogen (secondary N) is 1. The maximum atomic E-state index is 12.0. The van der Waals surface area contributed by atoms with Crippen LogP contribution in [0.15, 0.2) is 0 Å². The summed E-state index contributed by atoms with van der Waals surface area (Å²) in [6.07, 6.45) is 6.59. The molecule has 0 aliphatic carbocycles. The van der Waals surface area contributed by atoms with Crippen LogP contribution >= 0.6 is 0 Å². The van der Waals surface area contributed by atoms with E-state index in [0.717, 1.165) is 51.6 Å². The van der Waals surface area contributed by atoms with Crippen molar-refractivity contribution in [3.63, 3.8) is 0 Å². The van der Waals surface area contributed by atoms with Gasteiger partial charge in [-0.05, 0) is 25.7 Å². The summed E-state index contributed by atoms with van der Waals surface area (Å²) in [4.78, 5) is 25.9. The predicted molar refractivity (Wildman–Crippen MR) is 76.7 cm³/mol. The molecule has 1 heterocycles. The highest BCUT2D eigenvalue weighted by Crippen LogP contribution is 2.18. The monoisotopic (exact) mass is 268 g/mol. The highest BCUT2D eigenvalue weighted by molar-refractivity contribution is 5.81. The topological polar surface area (TPSA) is 49.4 Å². The lowest BCUT2D eigenvalue weighted by Crippen LogP contribution is -2.45. The van der Waals surface area contributed by atoms with Crippen molar-refractivity contribution in [2.24, 2.45) is 5.92 Å². The summed E-state index contributed by atoms with van der Waals surface area (Å²) in [6, 6.07) is 0. The van der Waals surface area contributed by atoms with Gasteiger partial charge in [-0.3, -0.25) is 9.59 Å². The molecular weight excluding hydrogens is 240 g/mol. The summed E-state index contributed by atoms with van der Waals surface area (Å²) in [6.45, 7) is 6.39. The first-order valence-electron chi connectivity index (χ1n) is 7.74. The average molecular weight is 268 g/mol. The average Bonchev–Trinajstić information content (AvgIpc) is 2.45. The molecule has 4 heteroatoms. The fraction of sp³-hybridized carbons (Fsp3) is 0.867. The van der Waals surface area contributed by atoms with E-state index in [1.807, 2.05) is 4.90 Å². The number of rotatable bonds is 7. The Morgan fingerprint density at radius 3 is 2.63 bits per heavy atom. The zero-order chi connectivity index (χ0) is 14.1. The van der Waals surface area contributed by atoms with E-state index in [2.05, 4.69) is 19.2 Å². The zero-order valence-corrected chi connectivity index (χ0v) is 12.4. The van der Waals surface area contributed by atoms with Gasteiger partial charge in [0, 0.05) is 26.1 Å². The molecule has 1 aliphatic heterocycles. The molecule has 1 saturated heterocycles. The summed E-state index contributed by atoms with van der Waals surface area (Å²) < 4.78 is 0. The van der Waals surface area contributed by atoms with Crippen LogP contribution in [0, 0.1) is 5.92 Å². The number of amides is 2. The second-order valence-corrected chi connectivity index (χ2v) is 5.43. The summed E-state index contributed by atoms with van der Waals surface area (Å²) in [5, 5.41) is 2.98. The normalized spacial score (nSPS) is 19.3. The van der Waals surface area contributed by atoms with E-state index in [9.17, 15) is 9.59 Å². The Morgan fingerprint density at radius 2 is 1.95 bits per heavy atom. The van der Waals surface area contributed by atoms with Gasteiger partial charge < -0.3 is 10.2 Å². The molecule has 4 nitrogen and oxygen atoms in total. The highest BCUT2D eigenvalue weighted by atomic mass is 16.2. The van der Waals surface area contributed by atoms with Crippen LogP contribution in [0.25, 0.3) is 0 Å². The van der Waals surface area contributed by atoms with E-state index >= 15 is 0 Å². The van der Waals surface area contributed by atoms with E-state index in [1.165, 1.54) is 0 Å². The minimum Gasteiger partial charge on any atom is -0.356 e. The summed E-state index contributed by atoms with van der Waals surface area (Å²) in [5.74, 6) is 0.338. The summed E-state index contributed by atoms with van der Waals surface area (Å²) >= 11 is 0. The molecule has 0 spiro atoms. The Hall–Kier alpha value is -1.06. The molecule has 1 N–H and O–H groups in total. The van der Waals surface area contributed by atoms with Crippen molar-refractivity contribution in [3.8, 4) is 0 Å². The van der Waals surface area contributed by atoms with Crippen molar-refractivity contribution in [1.82, 2.24) is 10.2 Å². The van der Waals surface area contributed by atoms with Crippen molar-refractivity contribution in [3.05, 3.63) is 0 Å². The van der Waals surface area contributed by atoms with Crippen molar-refractivity contribution in [1.29, 1.82) is 0 Å². The number of unbranched alkanes of at least 4 members (excludes halogenated alkanes) is 2. The Bertz CT molecular complexity index is 292. The lowest BCUT2D eigenvalue weighted by atomic mass is 9.96. The summed E-state index contributed by atoms with van der Waals surface area (Å²) in [5.41, 5.74) is 0. The molecular formula is C15H28N2O2. The second-order valence-electron chi connectivity index (χ2n) is 5.43. The molecule has 0 aromatic rings. The van der Waals surface area contributed by atoms with Crippen molar-refractivity contribution in [2.75, 3.05) is 19.6 Å². The second kappa shape index (κ2) is 8.94. The Labute approximate surface area is 116 Å². The Balaban J connectivity index is 2.36. The van der Waals surface area contributed by atoms with E-state index < -0.39 is 0 Å². The number of hydrogen-bond donors (Lipinski definition) is 1. The molecule has 2 amide bonds. The maximum absolute atomic E-state index is 12.0. The molecule has 1 atom stereocenters. The van der Waals surface area contributed by atoms with Crippen LogP contribution in [0.2, 0.25) is 0 Å². The van der Waals surface area contributed by atoms with Crippen LogP contribution < -0.4 is 5.32 Å². The number of hydrogen-bond acceptors (Lipinski definition) is 2. The first-order chi connectivity index (χ1) is 9.19. The van der Waals surface area contributed by atoms with Gasteiger partial charge in [-0.1, -0.05) is 26.7 Å². The Morgan fingerprint density at radius 1 is 1.21 bits per heavy atom. The van der Waals surface area contributed by atoms with Crippen LogP contribution in [-0.4, -0.2) is 36.3 Å². The maximum Gasteiger partial charge on any atom is 0.224 e. The number of carbonyl (C=O) groups excluding carboxylic acids is 2. The van der Waals surface area contributed by atoms with Crippen molar-refractivity contribution < 1.29 is 9.59 Å². The molecule has 0 saturated carbocycles. The third-order valence-corrected chi connectivity index (χ3v) is 3.72. The molecule has 0 radical (unpaired) electrons. The zero-order valence-electron chi connectivity index (χ0n) is 12.4. The first kappa shape index (κ1) is 16.0. The smallest absolute Gasteiger partial charge is 0.224 e. The molecule has 0 bridgehead atoms. The quantitative estimate of drug-likeness (QED) is 0.720. The van der Waals surface area contributed by atoms with Gasteiger partial charge in [-0.15, -0.1) is 0 Å². The molecule has 110 valence electrons. The molecule has 1 unspecified atom stereocenters. The highest BCUT2D eigenvalue weighted by Gasteiger charge is 2.27. The third-order valence-electron chi connectivity index (χ3n) is 3.72. The van der Waals surface area contributed by atoms with Gasteiger partial charge >= 0.3 is 0 Å². The predicted octanol–water partition coefficient (Wildman–Crippen LogP) is 2.33. The molecule has 19 heavy (non-hydrogen) atoms. The van der Waals surface area contributed by atoms with Crippen LogP contribution in [0.4, 0.5) is 0 Å². The SMILES string of the molecule is CCCCNC(=O)C1CCCN(C(=O)CCCC)C1. The van der Waals surface area contributed by atoms with Gasteiger partial charge in [0.1, 0.15) is 0 Å². The van der Waals surface area contributed by atoms with Crippen LogP contribution in [0.5, 0.6) is 0 Å². The third kappa shape index (κ3) is 5.62. The fourth-order valence-corrected chi connectivity index (χ4v) is 2.44. The molecule has 1 fully saturated rings. The molecule has 1 aliphatic rings. The summed E-state index contributed by atoms with van der Waals surface area (Å²) in [7, 11) is 0. The minimum atomic E-state index is -0.00353. The van der Waals surface area contributed by atoms with E-state index in [1.54, 1.807) is 0 Å². The van der Waals surface area contributed by atoms with Crippen LogP contribution in [0.3, 0.4) is 0 Å². The molecule has 0 aromatic heterocycles. The minimum absolute atomic E-state index is 0.00353. The van der Waals surface area contributed by atoms with Crippen molar-refractivity contribution in [2.45, 2.75) is 58.8 Å². The number of likely N-dealkylation sites (tertiary alicyclic amines) is 1. The van der Waals surface area contributed by atoms with Crippen LogP contribution in [0.1, 0.15) is 58.8 Å². The fourth-order valence-electron chi connectivity index (χ4n) is 2.44. The van der Waals surface area contributed by atoms with Gasteiger partial charge in [-0.25, -0.2) is 0 Å². The molecule has 0 aromatic carbocycles. The van der Waals surface area contributed by atoms with Gasteiger partial charge in [0.2, 0.25) is 11.8 Å². The number of carbonyl (C=O) groups is 2.